The van der Waals surface area contributed by atoms with Crippen molar-refractivity contribution in [3.8, 4) is 0 Å². The third-order valence-corrected chi connectivity index (χ3v) is 5.16. The molecule has 3 aromatic rings. The van der Waals surface area contributed by atoms with E-state index < -0.39 is 30.1 Å². The van der Waals surface area contributed by atoms with Crippen molar-refractivity contribution < 1.29 is 23.0 Å². The van der Waals surface area contributed by atoms with Gasteiger partial charge in [0, 0.05) is 23.9 Å². The molecule has 1 unspecified atom stereocenters. The van der Waals surface area contributed by atoms with Gasteiger partial charge < -0.3 is 15.6 Å². The summed E-state index contributed by atoms with van der Waals surface area (Å²) in [5.74, 6) is -0.502. The Balaban J connectivity index is 1.98. The van der Waals surface area contributed by atoms with Crippen molar-refractivity contribution in [1.29, 1.82) is 0 Å². The molecule has 2 aromatic carbocycles. The maximum atomic E-state index is 14.1. The van der Waals surface area contributed by atoms with Gasteiger partial charge in [-0.3, -0.25) is 4.68 Å². The molecule has 3 N–H and O–H groups in total. The molecular formula is C25H27F3N4O2. The molecule has 0 saturated carbocycles. The fourth-order valence-corrected chi connectivity index (χ4v) is 3.25. The third-order valence-electron chi connectivity index (χ3n) is 5.16. The number of nitrogens with zero attached hydrogens (tertiary/aromatic N) is 3. The van der Waals surface area contributed by atoms with Crippen LogP contribution < -0.4 is 5.73 Å². The first-order chi connectivity index (χ1) is 16.3. The van der Waals surface area contributed by atoms with Gasteiger partial charge in [-0.1, -0.05) is 30.3 Å². The zero-order chi connectivity index (χ0) is 24.7. The normalized spacial score (nSPS) is 14.4. The lowest BCUT2D eigenvalue weighted by atomic mass is 10.1. The molecule has 0 fully saturated rings. The lowest BCUT2D eigenvalue weighted by molar-refractivity contribution is 0.0527. The van der Waals surface area contributed by atoms with Crippen molar-refractivity contribution in [2.45, 2.75) is 45.6 Å². The highest BCUT2D eigenvalue weighted by molar-refractivity contribution is 6.01. The number of hydrogen-bond donors (Lipinski definition) is 2. The second-order valence-electron chi connectivity index (χ2n) is 7.66. The Bertz CT molecular complexity index is 1150. The Morgan fingerprint density at radius 1 is 1.24 bits per heavy atom. The second kappa shape index (κ2) is 11.6. The van der Waals surface area contributed by atoms with Gasteiger partial charge in [0.1, 0.15) is 11.9 Å². The van der Waals surface area contributed by atoms with E-state index in [0.29, 0.717) is 17.7 Å². The fraction of sp³-hybridized carbons (Fsp3) is 0.280. The van der Waals surface area contributed by atoms with E-state index in [4.69, 9.17) is 10.5 Å². The van der Waals surface area contributed by atoms with Crippen LogP contribution in [0.1, 0.15) is 42.7 Å². The lowest BCUT2D eigenvalue weighted by Gasteiger charge is -2.17. The summed E-state index contributed by atoms with van der Waals surface area (Å²) in [5.41, 5.74) is 6.54. The number of hydrogen-bond acceptors (Lipinski definition) is 5. The third kappa shape index (κ3) is 6.55. The molecule has 34 heavy (non-hydrogen) atoms. The molecule has 0 aliphatic rings. The van der Waals surface area contributed by atoms with Gasteiger partial charge in [0.15, 0.2) is 0 Å². The number of rotatable bonds is 10. The maximum absolute atomic E-state index is 14.1. The number of aliphatic hydroxyl groups is 1. The van der Waals surface area contributed by atoms with Gasteiger partial charge >= 0.3 is 0 Å². The monoisotopic (exact) mass is 472 g/mol. The Morgan fingerprint density at radius 2 is 1.97 bits per heavy atom. The first-order valence-electron chi connectivity index (χ1n) is 10.8. The van der Waals surface area contributed by atoms with Gasteiger partial charge in [-0.2, -0.15) is 5.10 Å². The van der Waals surface area contributed by atoms with Crippen LogP contribution in [0.15, 0.2) is 77.7 Å². The summed E-state index contributed by atoms with van der Waals surface area (Å²) in [5, 5.41) is 15.0. The summed E-state index contributed by atoms with van der Waals surface area (Å²) in [6.45, 7) is 4.45. The van der Waals surface area contributed by atoms with E-state index in [2.05, 4.69) is 10.1 Å². The number of nitrogens with two attached hydrogens (primary N) is 1. The van der Waals surface area contributed by atoms with Crippen LogP contribution in [0, 0.1) is 5.82 Å². The average molecular weight is 473 g/mol. The van der Waals surface area contributed by atoms with Crippen molar-refractivity contribution in [3.63, 3.8) is 0 Å². The summed E-state index contributed by atoms with van der Waals surface area (Å²) in [4.78, 5) is 4.40. The van der Waals surface area contributed by atoms with Crippen LogP contribution in [-0.2, 0) is 17.9 Å². The molecule has 3 rings (SSSR count). The van der Waals surface area contributed by atoms with E-state index in [1.165, 1.54) is 24.4 Å². The number of halogens is 3. The van der Waals surface area contributed by atoms with Crippen LogP contribution in [0.4, 0.5) is 18.9 Å². The van der Waals surface area contributed by atoms with Gasteiger partial charge in [-0.05, 0) is 43.7 Å². The van der Waals surface area contributed by atoms with Gasteiger partial charge in [-0.25, -0.2) is 18.2 Å². The SMILES string of the molecule is CCn1cc(C(O)C(C=C(N)C(F)F)=Nc2ccc(F)cc2[C@@H](C)OCc2ccccc2)cn1. The van der Waals surface area contributed by atoms with Crippen LogP contribution >= 0.6 is 0 Å². The summed E-state index contributed by atoms with van der Waals surface area (Å²) in [7, 11) is 0. The van der Waals surface area contributed by atoms with Crippen LogP contribution in [0.5, 0.6) is 0 Å². The molecule has 0 amide bonds. The van der Waals surface area contributed by atoms with E-state index in [9.17, 15) is 18.3 Å². The van der Waals surface area contributed by atoms with Gasteiger partial charge in [0.25, 0.3) is 6.43 Å². The smallest absolute Gasteiger partial charge is 0.277 e. The van der Waals surface area contributed by atoms with Gasteiger partial charge in [0.2, 0.25) is 0 Å². The maximum Gasteiger partial charge on any atom is 0.277 e. The molecule has 0 bridgehead atoms. The van der Waals surface area contributed by atoms with Gasteiger partial charge in [-0.15, -0.1) is 0 Å². The summed E-state index contributed by atoms with van der Waals surface area (Å²) in [6.07, 6.45) is -0.946. The highest BCUT2D eigenvalue weighted by Gasteiger charge is 2.20. The number of aromatic nitrogens is 2. The molecule has 180 valence electrons. The summed E-state index contributed by atoms with van der Waals surface area (Å²) < 4.78 is 47.9. The number of aliphatic imine (C=N–C) groups is 1. The largest absolute Gasteiger partial charge is 0.397 e. The molecule has 1 aromatic heterocycles. The number of ether oxygens (including phenoxy) is 1. The van der Waals surface area contributed by atoms with Gasteiger partial charge in [0.05, 0.1) is 36.0 Å². The predicted octanol–water partition coefficient (Wildman–Crippen LogP) is 5.23. The molecule has 2 atom stereocenters. The topological polar surface area (TPSA) is 85.7 Å². The molecule has 6 nitrogen and oxygen atoms in total. The quantitative estimate of drug-likeness (QED) is 0.396. The van der Waals surface area contributed by atoms with Crippen molar-refractivity contribution in [3.05, 3.63) is 95.2 Å². The highest BCUT2D eigenvalue weighted by Crippen LogP contribution is 2.31. The number of benzene rings is 2. The van der Waals surface area contributed by atoms with Crippen molar-refractivity contribution in [2.24, 2.45) is 10.7 Å². The average Bonchev–Trinajstić information content (AvgIpc) is 3.32. The van der Waals surface area contributed by atoms with Crippen LogP contribution in [0.2, 0.25) is 0 Å². The molecule has 0 saturated heterocycles. The number of aryl methyl sites for hydroxylation is 1. The van der Waals surface area contributed by atoms with Crippen LogP contribution in [0.25, 0.3) is 0 Å². The number of allylic oxidation sites excluding steroid dienone is 1. The highest BCUT2D eigenvalue weighted by atomic mass is 19.3. The predicted molar refractivity (Wildman–Crippen MR) is 124 cm³/mol. The zero-order valence-corrected chi connectivity index (χ0v) is 18.9. The minimum absolute atomic E-state index is 0.128. The lowest BCUT2D eigenvalue weighted by Crippen LogP contribution is -2.15. The number of aliphatic hydroxyl groups excluding tert-OH is 1. The van der Waals surface area contributed by atoms with E-state index >= 15 is 0 Å². The molecule has 0 aliphatic heterocycles. The molecular weight excluding hydrogens is 445 g/mol. The molecule has 9 heteroatoms. The Kier molecular flexibility index (Phi) is 8.61. The minimum Gasteiger partial charge on any atom is -0.397 e. The standard InChI is InChI=1S/C25H27F3N4O2/c1-3-32-14-18(13-30-32)24(33)23(12-21(29)25(27)28)31-22-10-9-19(26)11-20(22)16(2)34-15-17-7-5-4-6-8-17/h4-14,16,24-25,33H,3,15,29H2,1-2H3/t16-,24?/m1/s1. The van der Waals surface area contributed by atoms with E-state index in [1.54, 1.807) is 17.8 Å². The minimum atomic E-state index is -2.93. The first-order valence-corrected chi connectivity index (χ1v) is 10.8. The Morgan fingerprint density at radius 3 is 2.62 bits per heavy atom. The second-order valence-corrected chi connectivity index (χ2v) is 7.66. The van der Waals surface area contributed by atoms with Crippen molar-refractivity contribution in [1.82, 2.24) is 9.78 Å². The van der Waals surface area contributed by atoms with Crippen molar-refractivity contribution >= 4 is 11.4 Å². The summed E-state index contributed by atoms with van der Waals surface area (Å²) in [6, 6.07) is 13.3. The van der Waals surface area contributed by atoms with Crippen molar-refractivity contribution in [2.75, 3.05) is 0 Å². The molecule has 0 aliphatic carbocycles. The zero-order valence-electron chi connectivity index (χ0n) is 18.9. The van der Waals surface area contributed by atoms with E-state index in [-0.39, 0.29) is 18.0 Å². The van der Waals surface area contributed by atoms with Crippen LogP contribution in [-0.4, -0.2) is 27.0 Å². The molecule has 0 spiro atoms. The Labute approximate surface area is 196 Å². The summed E-state index contributed by atoms with van der Waals surface area (Å²) >= 11 is 0. The number of alkyl halides is 2. The fourth-order valence-electron chi connectivity index (χ4n) is 3.25. The Hall–Kier alpha value is -3.43. The van der Waals surface area contributed by atoms with E-state index in [0.717, 1.165) is 11.6 Å². The molecule has 0 radical (unpaired) electrons. The van der Waals surface area contributed by atoms with E-state index in [1.807, 2.05) is 37.3 Å². The van der Waals surface area contributed by atoms with Crippen LogP contribution in [0.3, 0.4) is 0 Å². The first kappa shape index (κ1) is 25.2. The molecule has 1 heterocycles.